The normalized spacial score (nSPS) is 29.0. The van der Waals surface area contributed by atoms with Crippen LogP contribution >= 0.6 is 0 Å². The Hall–Kier alpha value is -1.34. The molecule has 23 heavy (non-hydrogen) atoms. The van der Waals surface area contributed by atoms with E-state index in [4.69, 9.17) is 14.0 Å². The van der Waals surface area contributed by atoms with E-state index in [1.807, 2.05) is 38.6 Å². The highest BCUT2D eigenvalue weighted by molar-refractivity contribution is 6.62. The molecule has 3 rings (SSSR count). The summed E-state index contributed by atoms with van der Waals surface area (Å²) in [4.78, 5) is 11.9. The lowest BCUT2D eigenvalue weighted by Gasteiger charge is -2.32. The third-order valence-corrected chi connectivity index (χ3v) is 5.47. The standard InChI is InChI=1S/C16H25BN2O4/c1-15(2)16(3,4)23-17(22-15)11-9-18-19(10-11)13-8-6-7-12(13)14(20)21-5/h9-10,12-13H,6-8H2,1-5H3. The molecule has 0 amide bonds. The molecule has 1 saturated heterocycles. The molecule has 1 saturated carbocycles. The molecule has 7 heteroatoms. The van der Waals surface area contributed by atoms with Gasteiger partial charge in [0, 0.05) is 17.9 Å². The van der Waals surface area contributed by atoms with Gasteiger partial charge in [-0.25, -0.2) is 0 Å². The number of carbonyl (C=O) groups excluding carboxylic acids is 1. The minimum atomic E-state index is -0.424. The molecular weight excluding hydrogens is 295 g/mol. The summed E-state index contributed by atoms with van der Waals surface area (Å²) in [6, 6.07) is 0.0543. The molecule has 1 aliphatic heterocycles. The molecule has 1 aromatic rings. The second-order valence-corrected chi connectivity index (χ2v) is 7.47. The van der Waals surface area contributed by atoms with E-state index in [0.717, 1.165) is 24.7 Å². The lowest BCUT2D eigenvalue weighted by atomic mass is 9.82. The molecular formula is C16H25BN2O4. The zero-order valence-electron chi connectivity index (χ0n) is 14.5. The Morgan fingerprint density at radius 3 is 2.57 bits per heavy atom. The van der Waals surface area contributed by atoms with Crippen LogP contribution in [0.2, 0.25) is 0 Å². The minimum absolute atomic E-state index is 0.0543. The molecule has 0 N–H and O–H groups in total. The van der Waals surface area contributed by atoms with Crippen molar-refractivity contribution in [1.82, 2.24) is 9.78 Å². The molecule has 0 bridgehead atoms. The fourth-order valence-electron chi connectivity index (χ4n) is 3.32. The van der Waals surface area contributed by atoms with Crippen molar-refractivity contribution >= 4 is 18.6 Å². The highest BCUT2D eigenvalue weighted by Gasteiger charge is 2.52. The molecule has 6 nitrogen and oxygen atoms in total. The highest BCUT2D eigenvalue weighted by Crippen LogP contribution is 2.38. The number of esters is 1. The Kier molecular flexibility index (Phi) is 4.05. The van der Waals surface area contributed by atoms with Crippen LogP contribution < -0.4 is 5.46 Å². The van der Waals surface area contributed by atoms with E-state index >= 15 is 0 Å². The fourth-order valence-corrected chi connectivity index (χ4v) is 3.32. The molecule has 126 valence electrons. The summed E-state index contributed by atoms with van der Waals surface area (Å²) in [6.45, 7) is 8.12. The van der Waals surface area contributed by atoms with E-state index in [0.29, 0.717) is 0 Å². The van der Waals surface area contributed by atoms with Gasteiger partial charge in [0.1, 0.15) is 0 Å². The van der Waals surface area contributed by atoms with Gasteiger partial charge in [-0.3, -0.25) is 9.48 Å². The number of rotatable bonds is 3. The molecule has 0 radical (unpaired) electrons. The number of ether oxygens (including phenoxy) is 1. The predicted molar refractivity (Wildman–Crippen MR) is 86.3 cm³/mol. The summed E-state index contributed by atoms with van der Waals surface area (Å²) in [5.74, 6) is -0.272. The van der Waals surface area contributed by atoms with Crippen molar-refractivity contribution in [2.75, 3.05) is 7.11 Å². The van der Waals surface area contributed by atoms with Crippen molar-refractivity contribution in [3.8, 4) is 0 Å². The summed E-state index contributed by atoms with van der Waals surface area (Å²) in [5.41, 5.74) is 0.141. The zero-order valence-corrected chi connectivity index (χ0v) is 14.5. The van der Waals surface area contributed by atoms with Crippen LogP contribution in [0.3, 0.4) is 0 Å². The maximum Gasteiger partial charge on any atom is 0.498 e. The summed E-state index contributed by atoms with van der Waals surface area (Å²) < 4.78 is 18.9. The van der Waals surface area contributed by atoms with Crippen molar-refractivity contribution < 1.29 is 18.8 Å². The quantitative estimate of drug-likeness (QED) is 0.626. The molecule has 1 aliphatic carbocycles. The average Bonchev–Trinajstić information content (AvgIpc) is 3.16. The Bertz CT molecular complexity index is 583. The Morgan fingerprint density at radius 2 is 1.96 bits per heavy atom. The Labute approximate surface area is 137 Å². The minimum Gasteiger partial charge on any atom is -0.469 e. The van der Waals surface area contributed by atoms with Crippen molar-refractivity contribution in [3.63, 3.8) is 0 Å². The van der Waals surface area contributed by atoms with Crippen molar-refractivity contribution in [3.05, 3.63) is 12.4 Å². The van der Waals surface area contributed by atoms with E-state index in [9.17, 15) is 4.79 Å². The van der Waals surface area contributed by atoms with Crippen molar-refractivity contribution in [2.24, 2.45) is 5.92 Å². The molecule has 1 aromatic heterocycles. The van der Waals surface area contributed by atoms with Crippen LogP contribution in [0.15, 0.2) is 12.4 Å². The first kappa shape index (κ1) is 16.5. The lowest BCUT2D eigenvalue weighted by molar-refractivity contribution is -0.146. The van der Waals surface area contributed by atoms with Crippen molar-refractivity contribution in [1.29, 1.82) is 0 Å². The van der Waals surface area contributed by atoms with Crippen LogP contribution in [0.25, 0.3) is 0 Å². The van der Waals surface area contributed by atoms with Gasteiger partial charge in [-0.2, -0.15) is 5.10 Å². The summed E-state index contributed by atoms with van der Waals surface area (Å²) in [7, 11) is 1.02. The van der Waals surface area contributed by atoms with E-state index in [-0.39, 0.29) is 29.1 Å². The predicted octanol–water partition coefficient (Wildman–Crippen LogP) is 1.70. The highest BCUT2D eigenvalue weighted by atomic mass is 16.7. The summed E-state index contributed by atoms with van der Waals surface area (Å²) >= 11 is 0. The first-order chi connectivity index (χ1) is 10.7. The molecule has 0 spiro atoms. The number of methoxy groups -OCH3 is 1. The molecule has 2 heterocycles. The van der Waals surface area contributed by atoms with E-state index < -0.39 is 7.12 Å². The van der Waals surface area contributed by atoms with E-state index in [1.165, 1.54) is 7.11 Å². The zero-order chi connectivity index (χ0) is 16.8. The van der Waals surface area contributed by atoms with Gasteiger partial charge in [0.25, 0.3) is 0 Å². The van der Waals surface area contributed by atoms with Crippen LogP contribution in [-0.4, -0.2) is 41.2 Å². The SMILES string of the molecule is COC(=O)C1CCCC1n1cc(B2OC(C)(C)C(C)(C)O2)cn1. The summed E-state index contributed by atoms with van der Waals surface area (Å²) in [6.07, 6.45) is 6.51. The molecule has 2 atom stereocenters. The van der Waals surface area contributed by atoms with Crippen LogP contribution in [0.5, 0.6) is 0 Å². The van der Waals surface area contributed by atoms with Crippen LogP contribution in [0.1, 0.15) is 53.0 Å². The van der Waals surface area contributed by atoms with Gasteiger partial charge in [0.2, 0.25) is 0 Å². The van der Waals surface area contributed by atoms with Gasteiger partial charge in [0.15, 0.2) is 0 Å². The number of carbonyl (C=O) groups is 1. The first-order valence-electron chi connectivity index (χ1n) is 8.23. The van der Waals surface area contributed by atoms with Gasteiger partial charge in [-0.15, -0.1) is 0 Å². The smallest absolute Gasteiger partial charge is 0.469 e. The maximum atomic E-state index is 11.9. The molecule has 2 aliphatic rings. The third-order valence-electron chi connectivity index (χ3n) is 5.47. The maximum absolute atomic E-state index is 11.9. The number of hydrogen-bond donors (Lipinski definition) is 0. The fraction of sp³-hybridized carbons (Fsp3) is 0.750. The number of aromatic nitrogens is 2. The first-order valence-corrected chi connectivity index (χ1v) is 8.23. The van der Waals surface area contributed by atoms with Gasteiger partial charge < -0.3 is 14.0 Å². The third kappa shape index (κ3) is 2.80. The molecule has 2 unspecified atom stereocenters. The van der Waals surface area contributed by atoms with E-state index in [2.05, 4.69) is 5.10 Å². The van der Waals surface area contributed by atoms with Crippen LogP contribution in [0, 0.1) is 5.92 Å². The molecule has 0 aromatic carbocycles. The van der Waals surface area contributed by atoms with Gasteiger partial charge in [0.05, 0.1) is 30.3 Å². The largest absolute Gasteiger partial charge is 0.498 e. The Balaban J connectivity index is 1.78. The van der Waals surface area contributed by atoms with Gasteiger partial charge in [-0.05, 0) is 40.5 Å². The monoisotopic (exact) mass is 320 g/mol. The molecule has 2 fully saturated rings. The lowest BCUT2D eigenvalue weighted by Crippen LogP contribution is -2.41. The second kappa shape index (κ2) is 5.63. The average molecular weight is 320 g/mol. The Morgan fingerprint density at radius 1 is 1.30 bits per heavy atom. The van der Waals surface area contributed by atoms with E-state index in [1.54, 1.807) is 6.20 Å². The van der Waals surface area contributed by atoms with Crippen LogP contribution in [-0.2, 0) is 18.8 Å². The number of hydrogen-bond acceptors (Lipinski definition) is 5. The summed E-state index contributed by atoms with van der Waals surface area (Å²) in [5, 5.41) is 4.45. The second-order valence-electron chi connectivity index (χ2n) is 7.47. The van der Waals surface area contributed by atoms with Gasteiger partial charge in [-0.1, -0.05) is 6.42 Å². The number of nitrogens with zero attached hydrogens (tertiary/aromatic N) is 2. The van der Waals surface area contributed by atoms with Crippen LogP contribution in [0.4, 0.5) is 0 Å². The van der Waals surface area contributed by atoms with Gasteiger partial charge >= 0.3 is 13.1 Å². The van der Waals surface area contributed by atoms with Crippen molar-refractivity contribution in [2.45, 2.75) is 64.2 Å². The topological polar surface area (TPSA) is 62.6 Å².